The second kappa shape index (κ2) is 8.16. The standard InChI is InChI=1S/C21H20N2O3S/c1-26-17-8-3-15(4-9-17)21(24)23-20-13-16(7-12-19(20)22)14-5-10-18(11-6-14)27(2)25/h3-13H,22H2,1-2H3,(H,23,24). The van der Waals surface area contributed by atoms with Crippen molar-refractivity contribution in [2.75, 3.05) is 24.4 Å². The molecule has 3 N–H and O–H groups in total. The molecule has 1 amide bonds. The summed E-state index contributed by atoms with van der Waals surface area (Å²) in [5.74, 6) is 0.433. The van der Waals surface area contributed by atoms with Gasteiger partial charge in [-0.1, -0.05) is 6.07 Å². The van der Waals surface area contributed by atoms with Crippen LogP contribution in [0.25, 0.3) is 11.1 Å². The van der Waals surface area contributed by atoms with Crippen LogP contribution in [0.15, 0.2) is 71.6 Å². The van der Waals surface area contributed by atoms with Gasteiger partial charge < -0.3 is 20.3 Å². The number of nitrogen functional groups attached to an aromatic ring is 1. The van der Waals surface area contributed by atoms with Crippen molar-refractivity contribution in [2.24, 2.45) is 0 Å². The molecule has 6 heteroatoms. The van der Waals surface area contributed by atoms with Crippen molar-refractivity contribution in [1.29, 1.82) is 0 Å². The molecule has 27 heavy (non-hydrogen) atoms. The van der Waals surface area contributed by atoms with Crippen LogP contribution >= 0.6 is 0 Å². The van der Waals surface area contributed by atoms with Gasteiger partial charge in [-0.25, -0.2) is 0 Å². The largest absolute Gasteiger partial charge is 0.612 e. The average molecular weight is 380 g/mol. The number of hydrogen-bond acceptors (Lipinski definition) is 4. The number of carbonyl (C=O) groups is 1. The normalized spacial score (nSPS) is 11.7. The first kappa shape index (κ1) is 18.8. The van der Waals surface area contributed by atoms with E-state index in [9.17, 15) is 9.35 Å². The highest BCUT2D eigenvalue weighted by molar-refractivity contribution is 7.90. The third kappa shape index (κ3) is 4.42. The van der Waals surface area contributed by atoms with Crippen molar-refractivity contribution in [3.8, 4) is 16.9 Å². The molecule has 0 fully saturated rings. The van der Waals surface area contributed by atoms with Crippen LogP contribution in [0.4, 0.5) is 11.4 Å². The quantitative estimate of drug-likeness (QED) is 0.518. The number of benzene rings is 3. The highest BCUT2D eigenvalue weighted by atomic mass is 32.2. The van der Waals surface area contributed by atoms with E-state index in [1.807, 2.05) is 36.4 Å². The van der Waals surface area contributed by atoms with E-state index in [0.29, 0.717) is 22.7 Å². The van der Waals surface area contributed by atoms with Crippen LogP contribution in [0.1, 0.15) is 10.4 Å². The molecule has 1 unspecified atom stereocenters. The summed E-state index contributed by atoms with van der Waals surface area (Å²) in [7, 11) is 1.58. The summed E-state index contributed by atoms with van der Waals surface area (Å²) < 4.78 is 16.6. The van der Waals surface area contributed by atoms with Crippen molar-refractivity contribution >= 4 is 28.5 Å². The zero-order valence-corrected chi connectivity index (χ0v) is 15.9. The Kier molecular flexibility index (Phi) is 5.69. The number of ether oxygens (including phenoxy) is 1. The Morgan fingerprint density at radius 3 is 2.22 bits per heavy atom. The molecule has 1 atom stereocenters. The van der Waals surface area contributed by atoms with E-state index < -0.39 is 11.2 Å². The van der Waals surface area contributed by atoms with Crippen molar-refractivity contribution < 1.29 is 14.1 Å². The fraction of sp³-hybridized carbons (Fsp3) is 0.0952. The lowest BCUT2D eigenvalue weighted by atomic mass is 10.0. The lowest BCUT2D eigenvalue weighted by molar-refractivity contribution is 0.102. The minimum Gasteiger partial charge on any atom is -0.612 e. The van der Waals surface area contributed by atoms with Crippen LogP contribution in [-0.2, 0) is 11.2 Å². The summed E-state index contributed by atoms with van der Waals surface area (Å²) in [5, 5.41) is 2.85. The molecule has 0 aliphatic rings. The molecule has 0 aliphatic heterocycles. The molecule has 0 heterocycles. The van der Waals surface area contributed by atoms with Crippen LogP contribution < -0.4 is 15.8 Å². The van der Waals surface area contributed by atoms with Crippen LogP contribution in [0.5, 0.6) is 5.75 Å². The summed E-state index contributed by atoms with van der Waals surface area (Å²) in [6.07, 6.45) is 1.64. The first-order valence-electron chi connectivity index (χ1n) is 8.26. The summed E-state index contributed by atoms with van der Waals surface area (Å²) in [4.78, 5) is 13.3. The summed E-state index contributed by atoms with van der Waals surface area (Å²) in [6, 6.07) is 19.8. The molecule has 3 rings (SSSR count). The molecule has 0 bridgehead atoms. The summed E-state index contributed by atoms with van der Waals surface area (Å²) >= 11 is -1.02. The molecule has 5 nitrogen and oxygen atoms in total. The third-order valence-corrected chi connectivity index (χ3v) is 5.11. The Labute approximate surface area is 161 Å². The van der Waals surface area contributed by atoms with E-state index in [4.69, 9.17) is 10.5 Å². The molecular formula is C21H20N2O3S. The van der Waals surface area contributed by atoms with Gasteiger partial charge in [0.05, 0.1) is 18.5 Å². The van der Waals surface area contributed by atoms with Gasteiger partial charge in [-0.15, -0.1) is 0 Å². The number of nitrogens with two attached hydrogens (primary N) is 1. The Bertz CT molecular complexity index is 939. The summed E-state index contributed by atoms with van der Waals surface area (Å²) in [5.41, 5.74) is 9.41. The van der Waals surface area contributed by atoms with E-state index in [1.165, 1.54) is 0 Å². The smallest absolute Gasteiger partial charge is 0.255 e. The van der Waals surface area contributed by atoms with Gasteiger partial charge in [0, 0.05) is 5.56 Å². The first-order valence-corrected chi connectivity index (χ1v) is 9.82. The van der Waals surface area contributed by atoms with Crippen molar-refractivity contribution in [2.45, 2.75) is 4.90 Å². The first-order chi connectivity index (χ1) is 13.0. The van der Waals surface area contributed by atoms with Crippen LogP contribution in [0.2, 0.25) is 0 Å². The molecule has 0 saturated carbocycles. The maximum Gasteiger partial charge on any atom is 0.255 e. The SMILES string of the molecule is COc1ccc(C(=O)Nc2cc(-c3ccc([S+](C)[O-])cc3)ccc2N)cc1. The number of carbonyl (C=O) groups excluding carboxylic acids is 1. The van der Waals surface area contributed by atoms with Gasteiger partial charge in [0.25, 0.3) is 5.91 Å². The van der Waals surface area contributed by atoms with Gasteiger partial charge >= 0.3 is 0 Å². The molecule has 3 aromatic rings. The molecule has 0 spiro atoms. The van der Waals surface area contributed by atoms with Crippen molar-refractivity contribution in [3.05, 3.63) is 72.3 Å². The Morgan fingerprint density at radius 2 is 1.63 bits per heavy atom. The lowest BCUT2D eigenvalue weighted by Gasteiger charge is -2.11. The highest BCUT2D eigenvalue weighted by Gasteiger charge is 2.11. The number of methoxy groups -OCH3 is 1. The topological polar surface area (TPSA) is 87.4 Å². The van der Waals surface area contributed by atoms with E-state index in [-0.39, 0.29) is 5.91 Å². The second-order valence-corrected chi connectivity index (χ2v) is 7.34. The minimum absolute atomic E-state index is 0.252. The molecule has 0 saturated heterocycles. The van der Waals surface area contributed by atoms with Crippen molar-refractivity contribution in [1.82, 2.24) is 0 Å². The molecule has 3 aromatic carbocycles. The zero-order valence-electron chi connectivity index (χ0n) is 15.1. The number of amides is 1. The molecular weight excluding hydrogens is 360 g/mol. The van der Waals surface area contributed by atoms with E-state index in [2.05, 4.69) is 5.32 Å². The second-order valence-electron chi connectivity index (χ2n) is 5.96. The fourth-order valence-electron chi connectivity index (χ4n) is 2.62. The van der Waals surface area contributed by atoms with Crippen LogP contribution in [-0.4, -0.2) is 23.8 Å². The van der Waals surface area contributed by atoms with Gasteiger partial charge in [-0.3, -0.25) is 4.79 Å². The minimum atomic E-state index is -1.02. The van der Waals surface area contributed by atoms with Crippen molar-refractivity contribution in [3.63, 3.8) is 0 Å². The molecule has 138 valence electrons. The van der Waals surface area contributed by atoms with Gasteiger partial charge in [0.1, 0.15) is 12.0 Å². The van der Waals surface area contributed by atoms with Gasteiger partial charge in [-0.2, -0.15) is 0 Å². The van der Waals surface area contributed by atoms with E-state index in [1.54, 1.807) is 43.7 Å². The van der Waals surface area contributed by atoms with Crippen LogP contribution in [0, 0.1) is 0 Å². The number of rotatable bonds is 5. The molecule has 0 aliphatic carbocycles. The van der Waals surface area contributed by atoms with Crippen LogP contribution in [0.3, 0.4) is 0 Å². The highest BCUT2D eigenvalue weighted by Crippen LogP contribution is 2.28. The monoisotopic (exact) mass is 380 g/mol. The number of hydrogen-bond donors (Lipinski definition) is 2. The maximum atomic E-state index is 12.5. The Balaban J connectivity index is 1.83. The predicted molar refractivity (Wildman–Crippen MR) is 110 cm³/mol. The lowest BCUT2D eigenvalue weighted by Crippen LogP contribution is -2.13. The zero-order chi connectivity index (χ0) is 19.4. The molecule has 0 radical (unpaired) electrons. The molecule has 0 aromatic heterocycles. The third-order valence-electron chi connectivity index (χ3n) is 4.17. The average Bonchev–Trinajstić information content (AvgIpc) is 2.69. The van der Waals surface area contributed by atoms with Gasteiger partial charge in [-0.05, 0) is 83.0 Å². The fourth-order valence-corrected chi connectivity index (χ4v) is 3.14. The predicted octanol–water partition coefficient (Wildman–Crippen LogP) is 3.93. The Morgan fingerprint density at radius 1 is 1.00 bits per heavy atom. The maximum absolute atomic E-state index is 12.5. The number of anilines is 2. The Hall–Kier alpha value is -2.96. The summed E-state index contributed by atoms with van der Waals surface area (Å²) in [6.45, 7) is 0. The van der Waals surface area contributed by atoms with Gasteiger partial charge in [0.15, 0.2) is 4.90 Å². The van der Waals surface area contributed by atoms with E-state index >= 15 is 0 Å². The van der Waals surface area contributed by atoms with Gasteiger partial charge in [0.2, 0.25) is 0 Å². The van der Waals surface area contributed by atoms with E-state index in [0.717, 1.165) is 16.0 Å². The number of nitrogens with one attached hydrogen (secondary N) is 1.